The van der Waals surface area contributed by atoms with E-state index in [1.54, 1.807) is 56.1 Å². The summed E-state index contributed by atoms with van der Waals surface area (Å²) in [6.45, 7) is 12.9. The number of fused-ring (bicyclic) bond motifs is 2. The molecule has 428 valence electrons. The number of hydrogen-bond donors (Lipinski definition) is 5. The number of hydrogen-bond acceptors (Lipinski definition) is 12. The summed E-state index contributed by atoms with van der Waals surface area (Å²) in [5, 5.41) is 14.7. The van der Waals surface area contributed by atoms with Crippen LogP contribution in [0.1, 0.15) is 87.2 Å². The lowest BCUT2D eigenvalue weighted by molar-refractivity contribution is -0.146. The molecule has 0 unspecified atom stereocenters. The summed E-state index contributed by atoms with van der Waals surface area (Å²) in [7, 11) is 1.65. The second-order valence-electron chi connectivity index (χ2n) is 22.4. The summed E-state index contributed by atoms with van der Waals surface area (Å²) >= 11 is 0. The van der Waals surface area contributed by atoms with Crippen LogP contribution in [-0.4, -0.2) is 153 Å². The molecule has 4 aromatic rings. The molecule has 5 amide bonds. The van der Waals surface area contributed by atoms with Gasteiger partial charge in [0.2, 0.25) is 23.6 Å². The van der Waals surface area contributed by atoms with E-state index in [2.05, 4.69) is 50.2 Å². The van der Waals surface area contributed by atoms with Crippen LogP contribution in [0.25, 0.3) is 0 Å². The molecule has 0 bridgehead atoms. The minimum atomic E-state index is -1.40. The first-order valence-electron chi connectivity index (χ1n) is 27.9. The molecule has 3 saturated heterocycles. The van der Waals surface area contributed by atoms with Crippen molar-refractivity contribution in [2.24, 2.45) is 11.8 Å². The van der Waals surface area contributed by atoms with Crippen LogP contribution in [0.15, 0.2) is 78.9 Å². The molecule has 7 atom stereocenters. The third-order valence-corrected chi connectivity index (χ3v) is 16.8. The summed E-state index contributed by atoms with van der Waals surface area (Å²) in [6.07, 6.45) is 1.25. The van der Waals surface area contributed by atoms with Gasteiger partial charge in [0.15, 0.2) is 0 Å². The molecule has 0 spiro atoms. The lowest BCUT2D eigenvalue weighted by atomic mass is 9.81. The number of para-hydroxylation sites is 1. The van der Waals surface area contributed by atoms with Crippen molar-refractivity contribution < 1.29 is 51.4 Å². The summed E-state index contributed by atoms with van der Waals surface area (Å²) in [6, 6.07) is 18.6. The zero-order chi connectivity index (χ0) is 56.8. The average molecular weight is 1110 g/mol. The van der Waals surface area contributed by atoms with E-state index in [-0.39, 0.29) is 92.2 Å². The smallest absolute Gasteiger partial charge is 0.252 e. The zero-order valence-corrected chi connectivity index (χ0v) is 46.3. The Morgan fingerprint density at radius 1 is 0.863 bits per heavy atom. The van der Waals surface area contributed by atoms with Crippen molar-refractivity contribution in [3.8, 4) is 0 Å². The van der Waals surface area contributed by atoms with Gasteiger partial charge in [-0.1, -0.05) is 36.4 Å². The first-order valence-corrected chi connectivity index (χ1v) is 27.9. The number of likely N-dealkylation sites (N-methyl/N-ethyl adjacent to an activating group) is 1. The minimum absolute atomic E-state index is 0.0496. The molecule has 5 aliphatic heterocycles. The van der Waals surface area contributed by atoms with Gasteiger partial charge in [-0.25, -0.2) is 13.2 Å². The van der Waals surface area contributed by atoms with E-state index in [4.69, 9.17) is 9.47 Å². The summed E-state index contributed by atoms with van der Waals surface area (Å²) in [4.78, 5) is 93.3. The molecule has 5 aliphatic rings. The SMILES string of the molecule is CN[C@@H](C)C(=O)C[C@H](C(=O)N1Cc2ccc(NC(=O)CCNC(=O)[C@]3(C)CN(C(=O)CN4C[C@@H](C)NC[C@@H]4CN4CCOC[C@H]4C)c4cc(Cc5ccc(F)cc5)ccc43)cc2[C@H]1C(=O)Nc1c(F)cccc1F)C1CCOCC1. The maximum atomic E-state index is 15.0. The molecule has 0 aromatic heterocycles. The fourth-order valence-electron chi connectivity index (χ4n) is 11.9. The quantitative estimate of drug-likeness (QED) is 0.0798. The third kappa shape index (κ3) is 13.1. The number of piperazine rings is 1. The second kappa shape index (κ2) is 25.5. The van der Waals surface area contributed by atoms with Crippen molar-refractivity contribution in [3.05, 3.63) is 124 Å². The molecular formula is C60H74F3N9O8. The fourth-order valence-corrected chi connectivity index (χ4v) is 11.9. The number of carbonyl (C=O) groups excluding carboxylic acids is 6. The minimum Gasteiger partial charge on any atom is -0.381 e. The van der Waals surface area contributed by atoms with Crippen LogP contribution in [0, 0.1) is 29.3 Å². The average Bonchev–Trinajstić information content (AvgIpc) is 4.19. The third-order valence-electron chi connectivity index (χ3n) is 16.8. The molecule has 17 nitrogen and oxygen atoms in total. The topological polar surface area (TPSA) is 194 Å². The van der Waals surface area contributed by atoms with E-state index in [9.17, 15) is 33.2 Å². The number of benzene rings is 4. The number of nitrogens with zero attached hydrogens (tertiary/aromatic N) is 4. The number of amides is 5. The molecule has 80 heavy (non-hydrogen) atoms. The number of morpholine rings is 1. The van der Waals surface area contributed by atoms with E-state index in [1.807, 2.05) is 18.2 Å². The zero-order valence-electron chi connectivity index (χ0n) is 46.3. The maximum absolute atomic E-state index is 15.0. The van der Waals surface area contributed by atoms with Crippen molar-refractivity contribution in [2.45, 2.75) is 102 Å². The van der Waals surface area contributed by atoms with Crippen LogP contribution in [0.4, 0.5) is 30.2 Å². The molecule has 9 rings (SSSR count). The molecule has 5 N–H and O–H groups in total. The number of halogens is 3. The lowest BCUT2D eigenvalue weighted by Crippen LogP contribution is -2.62. The number of ketones is 1. The number of carbonyl (C=O) groups is 6. The molecule has 0 saturated carbocycles. The first-order chi connectivity index (χ1) is 38.4. The van der Waals surface area contributed by atoms with E-state index in [1.165, 1.54) is 23.1 Å². The van der Waals surface area contributed by atoms with Gasteiger partial charge in [0.1, 0.15) is 35.0 Å². The lowest BCUT2D eigenvalue weighted by Gasteiger charge is -2.43. The van der Waals surface area contributed by atoms with Crippen LogP contribution in [0.3, 0.4) is 0 Å². The summed E-state index contributed by atoms with van der Waals surface area (Å²) in [5.74, 6) is -5.96. The Morgan fingerprint density at radius 3 is 2.33 bits per heavy atom. The van der Waals surface area contributed by atoms with E-state index >= 15 is 8.78 Å². The van der Waals surface area contributed by atoms with Crippen molar-refractivity contribution in [1.82, 2.24) is 30.7 Å². The Labute approximate surface area is 465 Å². The normalized spacial score (nSPS) is 23.2. The molecular weight excluding hydrogens is 1030 g/mol. The Bertz CT molecular complexity index is 2920. The van der Waals surface area contributed by atoms with Crippen LogP contribution in [0.5, 0.6) is 0 Å². The number of rotatable bonds is 19. The van der Waals surface area contributed by atoms with Crippen molar-refractivity contribution in [1.29, 1.82) is 0 Å². The van der Waals surface area contributed by atoms with Gasteiger partial charge >= 0.3 is 0 Å². The van der Waals surface area contributed by atoms with Gasteiger partial charge in [-0.15, -0.1) is 0 Å². The van der Waals surface area contributed by atoms with Crippen LogP contribution in [-0.2, 0) is 56.6 Å². The van der Waals surface area contributed by atoms with Crippen molar-refractivity contribution >= 4 is 52.4 Å². The predicted molar refractivity (Wildman–Crippen MR) is 296 cm³/mol. The van der Waals surface area contributed by atoms with Crippen LogP contribution >= 0.6 is 0 Å². The number of nitrogens with one attached hydrogen (secondary N) is 5. The highest BCUT2D eigenvalue weighted by molar-refractivity contribution is 6.04. The Hall–Kier alpha value is -6.55. The van der Waals surface area contributed by atoms with Gasteiger partial charge in [-0.3, -0.25) is 38.6 Å². The largest absolute Gasteiger partial charge is 0.381 e. The maximum Gasteiger partial charge on any atom is 0.252 e. The Morgan fingerprint density at radius 2 is 1.60 bits per heavy atom. The van der Waals surface area contributed by atoms with Crippen LogP contribution < -0.4 is 31.5 Å². The number of Topliss-reactive ketones (excluding diaryl/α,β-unsaturated/α-hetero) is 1. The second-order valence-corrected chi connectivity index (χ2v) is 22.4. The van der Waals surface area contributed by atoms with Crippen molar-refractivity contribution in [2.75, 3.05) is 94.8 Å². The van der Waals surface area contributed by atoms with Gasteiger partial charge in [0.25, 0.3) is 5.91 Å². The van der Waals surface area contributed by atoms with Crippen molar-refractivity contribution in [3.63, 3.8) is 0 Å². The molecule has 0 radical (unpaired) electrons. The van der Waals surface area contributed by atoms with Gasteiger partial charge in [0, 0.05) is 107 Å². The fraction of sp³-hybridized carbons (Fsp3) is 0.500. The highest BCUT2D eigenvalue weighted by Crippen LogP contribution is 2.43. The first kappa shape index (κ1) is 58.1. The Balaban J connectivity index is 0.905. The van der Waals surface area contributed by atoms with Gasteiger partial charge in [0.05, 0.1) is 31.2 Å². The molecule has 4 aromatic carbocycles. The molecule has 20 heteroatoms. The summed E-state index contributed by atoms with van der Waals surface area (Å²) in [5.41, 5.74) is 2.30. The number of anilines is 3. The van der Waals surface area contributed by atoms with Gasteiger partial charge in [-0.2, -0.15) is 0 Å². The summed E-state index contributed by atoms with van der Waals surface area (Å²) < 4.78 is 55.2. The van der Waals surface area contributed by atoms with Crippen LogP contribution in [0.2, 0.25) is 0 Å². The molecule has 5 heterocycles. The molecule has 3 fully saturated rings. The highest BCUT2D eigenvalue weighted by Gasteiger charge is 2.48. The highest BCUT2D eigenvalue weighted by atomic mass is 19.1. The van der Waals surface area contributed by atoms with E-state index < -0.39 is 58.5 Å². The van der Waals surface area contributed by atoms with E-state index in [0.717, 1.165) is 36.3 Å². The Kier molecular flexibility index (Phi) is 18.5. The van der Waals surface area contributed by atoms with Gasteiger partial charge < -0.3 is 45.9 Å². The molecule has 0 aliphatic carbocycles. The standard InChI is InChI=1S/C60H74F3N9O8/c1-36-30-70(45(29-66-36)32-69-21-24-80-34-37(69)2)33-54(75)72-35-60(4,48-16-11-40(26-51(48)72)25-39-9-13-43(61)14-10-39)59(78)65-20-17-53(74)67-44-15-12-42-31-71(56(46(42)27-44)57(76)68-55-49(62)7-6-8-50(55)63)58(77)47(28-52(73)38(3)64-5)41-18-22-79-23-19-41/h6-16,26-27,36-38,41,45,47,56,64,66H,17-25,28-35H2,1-5H3,(H,65,78)(H,67,74)(H,68,76)/t36-,37-,38+,45-,47+,56+,60-/m1/s1. The monoisotopic (exact) mass is 1110 g/mol. The van der Waals surface area contributed by atoms with E-state index in [0.29, 0.717) is 81.2 Å². The van der Waals surface area contributed by atoms with Gasteiger partial charge in [-0.05, 0) is 130 Å². The predicted octanol–water partition coefficient (Wildman–Crippen LogP) is 5.46. The number of ether oxygens (including phenoxy) is 2.